The van der Waals surface area contributed by atoms with Gasteiger partial charge in [0.1, 0.15) is 0 Å². The summed E-state index contributed by atoms with van der Waals surface area (Å²) in [5.41, 5.74) is 0. The van der Waals surface area contributed by atoms with Crippen LogP contribution in [0.25, 0.3) is 0 Å². The van der Waals surface area contributed by atoms with Crippen LogP contribution in [0.2, 0.25) is 0 Å². The number of carbonyl (C=O) groups excluding carboxylic acids is 1. The van der Waals surface area contributed by atoms with E-state index in [1.807, 2.05) is 0 Å². The van der Waals surface area contributed by atoms with Crippen molar-refractivity contribution >= 4 is 17.5 Å². The number of nitrogens with zero attached hydrogens (tertiary/aromatic N) is 1. The molecule has 0 aliphatic carbocycles. The summed E-state index contributed by atoms with van der Waals surface area (Å²) < 4.78 is 0. The fourth-order valence-electron chi connectivity index (χ4n) is 0.704. The van der Waals surface area contributed by atoms with Crippen LogP contribution in [-0.2, 0) is 4.79 Å². The van der Waals surface area contributed by atoms with Crippen LogP contribution >= 0.6 is 11.6 Å². The molecule has 0 atom stereocenters. The maximum atomic E-state index is 11.1. The third kappa shape index (κ3) is 4.85. The van der Waals surface area contributed by atoms with E-state index in [0.717, 1.165) is 6.42 Å². The first kappa shape index (κ1) is 10.5. The number of likely N-dealkylation sites (N-methyl/N-ethyl adjacent to an activating group) is 1. The van der Waals surface area contributed by atoms with Gasteiger partial charge in [-0.15, -0.1) is 18.2 Å². The molecule has 64 valence electrons. The molecular weight excluding hydrogens is 162 g/mol. The molecule has 0 aromatic rings. The van der Waals surface area contributed by atoms with E-state index >= 15 is 0 Å². The Morgan fingerprint density at radius 3 is 2.82 bits per heavy atom. The van der Waals surface area contributed by atoms with Crippen molar-refractivity contribution in [1.29, 1.82) is 0 Å². The van der Waals surface area contributed by atoms with Gasteiger partial charge < -0.3 is 4.90 Å². The molecule has 0 aliphatic heterocycles. The molecule has 0 aromatic carbocycles. The highest BCUT2D eigenvalue weighted by Gasteiger charge is 2.04. The van der Waals surface area contributed by atoms with Gasteiger partial charge in [-0.3, -0.25) is 4.79 Å². The zero-order valence-corrected chi connectivity index (χ0v) is 7.60. The van der Waals surface area contributed by atoms with E-state index in [2.05, 4.69) is 6.58 Å². The maximum Gasteiger partial charge on any atom is 0.222 e. The van der Waals surface area contributed by atoms with Gasteiger partial charge in [0, 0.05) is 25.9 Å². The zero-order valence-electron chi connectivity index (χ0n) is 6.85. The summed E-state index contributed by atoms with van der Waals surface area (Å²) in [6.45, 7) is 4.16. The van der Waals surface area contributed by atoms with Crippen molar-refractivity contribution in [3.05, 3.63) is 12.7 Å². The lowest BCUT2D eigenvalue weighted by Gasteiger charge is -2.13. The average Bonchev–Trinajstić information content (AvgIpc) is 2.00. The van der Waals surface area contributed by atoms with E-state index in [1.165, 1.54) is 0 Å². The van der Waals surface area contributed by atoms with Gasteiger partial charge in [0.15, 0.2) is 0 Å². The Hall–Kier alpha value is -0.500. The second-order valence-electron chi connectivity index (χ2n) is 2.36. The van der Waals surface area contributed by atoms with Crippen LogP contribution in [0.1, 0.15) is 12.8 Å². The first-order chi connectivity index (χ1) is 5.22. The Morgan fingerprint density at radius 2 is 2.36 bits per heavy atom. The maximum absolute atomic E-state index is 11.1. The Kier molecular flexibility index (Phi) is 5.94. The van der Waals surface area contributed by atoms with E-state index < -0.39 is 0 Å². The van der Waals surface area contributed by atoms with E-state index in [1.54, 1.807) is 18.0 Å². The lowest BCUT2D eigenvalue weighted by molar-refractivity contribution is -0.129. The predicted molar refractivity (Wildman–Crippen MR) is 47.8 cm³/mol. The van der Waals surface area contributed by atoms with Gasteiger partial charge in [0.2, 0.25) is 5.91 Å². The first-order valence-corrected chi connectivity index (χ1v) is 4.16. The Labute approximate surface area is 72.8 Å². The van der Waals surface area contributed by atoms with Gasteiger partial charge in [-0.1, -0.05) is 6.08 Å². The zero-order chi connectivity index (χ0) is 8.69. The highest BCUT2D eigenvalue weighted by atomic mass is 35.5. The molecule has 0 aromatic heterocycles. The summed E-state index contributed by atoms with van der Waals surface area (Å²) in [5, 5.41) is 0. The van der Waals surface area contributed by atoms with Crippen molar-refractivity contribution in [1.82, 2.24) is 4.90 Å². The van der Waals surface area contributed by atoms with Crippen LogP contribution in [-0.4, -0.2) is 30.3 Å². The number of amides is 1. The molecule has 0 heterocycles. The van der Waals surface area contributed by atoms with Crippen molar-refractivity contribution in [3.63, 3.8) is 0 Å². The first-order valence-electron chi connectivity index (χ1n) is 3.63. The van der Waals surface area contributed by atoms with Gasteiger partial charge in [0.05, 0.1) is 0 Å². The normalized spacial score (nSPS) is 9.27. The summed E-state index contributed by atoms with van der Waals surface area (Å²) in [6.07, 6.45) is 2.99. The predicted octanol–water partition coefficient (Wildman–Crippen LogP) is 1.65. The molecule has 0 saturated carbocycles. The van der Waals surface area contributed by atoms with Gasteiger partial charge in [-0.05, 0) is 6.42 Å². The van der Waals surface area contributed by atoms with Crippen molar-refractivity contribution in [3.8, 4) is 0 Å². The SMILES string of the molecule is C=CCN(C)C(=O)CCCCl. The van der Waals surface area contributed by atoms with Crippen molar-refractivity contribution < 1.29 is 4.79 Å². The minimum atomic E-state index is 0.130. The molecule has 0 rings (SSSR count). The molecule has 2 nitrogen and oxygen atoms in total. The van der Waals surface area contributed by atoms with Crippen LogP contribution in [0, 0.1) is 0 Å². The Morgan fingerprint density at radius 1 is 1.73 bits per heavy atom. The van der Waals surface area contributed by atoms with Crippen molar-refractivity contribution in [2.24, 2.45) is 0 Å². The molecule has 0 aliphatic rings. The summed E-state index contributed by atoms with van der Waals surface area (Å²) in [4.78, 5) is 12.7. The van der Waals surface area contributed by atoms with Crippen LogP contribution in [0.15, 0.2) is 12.7 Å². The number of hydrogen-bond acceptors (Lipinski definition) is 1. The molecule has 0 spiro atoms. The van der Waals surface area contributed by atoms with E-state index in [4.69, 9.17) is 11.6 Å². The number of halogens is 1. The molecule has 0 fully saturated rings. The number of hydrogen-bond donors (Lipinski definition) is 0. The highest BCUT2D eigenvalue weighted by molar-refractivity contribution is 6.17. The monoisotopic (exact) mass is 175 g/mol. The number of carbonyl (C=O) groups is 1. The Bertz CT molecular complexity index is 136. The molecule has 0 radical (unpaired) electrons. The van der Waals surface area contributed by atoms with Crippen LogP contribution in [0.4, 0.5) is 0 Å². The van der Waals surface area contributed by atoms with Crippen molar-refractivity contribution in [2.75, 3.05) is 19.5 Å². The molecule has 0 N–H and O–H groups in total. The quantitative estimate of drug-likeness (QED) is 0.460. The second kappa shape index (κ2) is 6.23. The minimum Gasteiger partial charge on any atom is -0.342 e. The number of rotatable bonds is 5. The molecule has 0 saturated heterocycles. The molecular formula is C8H14ClNO. The van der Waals surface area contributed by atoms with Gasteiger partial charge in [0.25, 0.3) is 0 Å². The topological polar surface area (TPSA) is 20.3 Å². The molecule has 0 bridgehead atoms. The smallest absolute Gasteiger partial charge is 0.222 e. The van der Waals surface area contributed by atoms with Gasteiger partial charge in [-0.25, -0.2) is 0 Å². The minimum absolute atomic E-state index is 0.130. The third-order valence-corrected chi connectivity index (χ3v) is 1.62. The third-order valence-electron chi connectivity index (χ3n) is 1.35. The Balaban J connectivity index is 3.54. The van der Waals surface area contributed by atoms with E-state index in [-0.39, 0.29) is 5.91 Å². The lowest BCUT2D eigenvalue weighted by atomic mass is 10.3. The fraction of sp³-hybridized carbons (Fsp3) is 0.625. The van der Waals surface area contributed by atoms with Crippen LogP contribution < -0.4 is 0 Å². The van der Waals surface area contributed by atoms with Gasteiger partial charge in [-0.2, -0.15) is 0 Å². The van der Waals surface area contributed by atoms with Crippen LogP contribution in [0.3, 0.4) is 0 Å². The second-order valence-corrected chi connectivity index (χ2v) is 2.73. The van der Waals surface area contributed by atoms with E-state index in [0.29, 0.717) is 18.8 Å². The summed E-state index contributed by atoms with van der Waals surface area (Å²) in [5.74, 6) is 0.679. The summed E-state index contributed by atoms with van der Waals surface area (Å²) >= 11 is 5.44. The largest absolute Gasteiger partial charge is 0.342 e. The fourth-order valence-corrected chi connectivity index (χ4v) is 0.838. The number of alkyl halides is 1. The van der Waals surface area contributed by atoms with E-state index in [9.17, 15) is 4.79 Å². The summed E-state index contributed by atoms with van der Waals surface area (Å²) in [6, 6.07) is 0. The standard InChI is InChI=1S/C8H14ClNO/c1-3-7-10(2)8(11)5-4-6-9/h3H,1,4-7H2,2H3. The average molecular weight is 176 g/mol. The molecule has 11 heavy (non-hydrogen) atoms. The summed E-state index contributed by atoms with van der Waals surface area (Å²) in [7, 11) is 1.76. The van der Waals surface area contributed by atoms with Crippen LogP contribution in [0.5, 0.6) is 0 Å². The van der Waals surface area contributed by atoms with Gasteiger partial charge >= 0.3 is 0 Å². The van der Waals surface area contributed by atoms with Crippen molar-refractivity contribution in [2.45, 2.75) is 12.8 Å². The molecule has 3 heteroatoms. The molecule has 1 amide bonds. The molecule has 0 unspecified atom stereocenters. The lowest BCUT2D eigenvalue weighted by Crippen LogP contribution is -2.26. The highest BCUT2D eigenvalue weighted by Crippen LogP contribution is 1.96.